The standard InChI is InChI=1S/C14H21N3O4/c1-13(2,3)21-12(20)17-7-9(18)6-10(17)11(19)16-14(8-15)4-5-14/h9-10,18H,4-7H2,1-3H3,(H,16,19). The van der Waals surface area contributed by atoms with Crippen LogP contribution in [0.15, 0.2) is 0 Å². The maximum absolute atomic E-state index is 12.3. The fraction of sp³-hybridized carbons (Fsp3) is 0.786. The molecule has 0 radical (unpaired) electrons. The Balaban J connectivity index is 2.04. The van der Waals surface area contributed by atoms with Crippen molar-refractivity contribution in [1.82, 2.24) is 10.2 Å². The third kappa shape index (κ3) is 3.64. The van der Waals surface area contributed by atoms with E-state index >= 15 is 0 Å². The zero-order valence-electron chi connectivity index (χ0n) is 12.5. The van der Waals surface area contributed by atoms with Gasteiger partial charge in [0.2, 0.25) is 5.91 Å². The summed E-state index contributed by atoms with van der Waals surface area (Å²) < 4.78 is 5.25. The maximum atomic E-state index is 12.3. The quantitative estimate of drug-likeness (QED) is 0.773. The van der Waals surface area contributed by atoms with Gasteiger partial charge in [0, 0.05) is 6.42 Å². The van der Waals surface area contributed by atoms with Gasteiger partial charge in [-0.1, -0.05) is 0 Å². The molecule has 0 aromatic rings. The topological polar surface area (TPSA) is 103 Å². The number of hydrogen-bond acceptors (Lipinski definition) is 5. The van der Waals surface area contributed by atoms with Crippen LogP contribution in [0.1, 0.15) is 40.0 Å². The van der Waals surface area contributed by atoms with Crippen LogP contribution in [0.4, 0.5) is 4.79 Å². The van der Waals surface area contributed by atoms with E-state index in [-0.39, 0.29) is 13.0 Å². The molecule has 2 N–H and O–H groups in total. The Labute approximate surface area is 123 Å². The SMILES string of the molecule is CC(C)(C)OC(=O)N1CC(O)CC1C(=O)NC1(C#N)CC1. The average molecular weight is 295 g/mol. The minimum atomic E-state index is -0.791. The van der Waals surface area contributed by atoms with Gasteiger partial charge in [0.1, 0.15) is 17.2 Å². The van der Waals surface area contributed by atoms with Crippen LogP contribution in [0.3, 0.4) is 0 Å². The Hall–Kier alpha value is -1.81. The fourth-order valence-electron chi connectivity index (χ4n) is 2.29. The summed E-state index contributed by atoms with van der Waals surface area (Å²) in [5, 5.41) is 21.4. The van der Waals surface area contributed by atoms with Gasteiger partial charge in [-0.15, -0.1) is 0 Å². The van der Waals surface area contributed by atoms with Crippen LogP contribution in [0, 0.1) is 11.3 Å². The largest absolute Gasteiger partial charge is 0.444 e. The molecule has 0 bridgehead atoms. The number of rotatable bonds is 2. The second kappa shape index (κ2) is 5.19. The van der Waals surface area contributed by atoms with E-state index in [2.05, 4.69) is 11.4 Å². The Kier molecular flexibility index (Phi) is 3.85. The molecular formula is C14H21N3O4. The minimum Gasteiger partial charge on any atom is -0.444 e. The van der Waals surface area contributed by atoms with Crippen molar-refractivity contribution in [1.29, 1.82) is 5.26 Å². The summed E-state index contributed by atoms with van der Waals surface area (Å²) >= 11 is 0. The number of hydrogen-bond donors (Lipinski definition) is 2. The molecule has 7 heteroatoms. The smallest absolute Gasteiger partial charge is 0.411 e. The maximum Gasteiger partial charge on any atom is 0.411 e. The van der Waals surface area contributed by atoms with Crippen molar-refractivity contribution in [2.45, 2.75) is 63.3 Å². The van der Waals surface area contributed by atoms with Crippen molar-refractivity contribution >= 4 is 12.0 Å². The van der Waals surface area contributed by atoms with Crippen molar-refractivity contribution < 1.29 is 19.4 Å². The number of carbonyl (C=O) groups is 2. The lowest BCUT2D eigenvalue weighted by Gasteiger charge is -2.28. The molecule has 2 fully saturated rings. The van der Waals surface area contributed by atoms with E-state index in [9.17, 15) is 14.7 Å². The molecule has 116 valence electrons. The summed E-state index contributed by atoms with van der Waals surface area (Å²) in [4.78, 5) is 25.6. The number of aliphatic hydroxyl groups is 1. The van der Waals surface area contributed by atoms with Crippen LogP contribution >= 0.6 is 0 Å². The third-order valence-corrected chi connectivity index (χ3v) is 3.54. The first-order valence-electron chi connectivity index (χ1n) is 7.07. The molecule has 2 rings (SSSR count). The number of ether oxygens (including phenoxy) is 1. The highest BCUT2D eigenvalue weighted by molar-refractivity contribution is 5.87. The highest BCUT2D eigenvalue weighted by Crippen LogP contribution is 2.35. The van der Waals surface area contributed by atoms with Gasteiger partial charge in [0.25, 0.3) is 0 Å². The molecule has 0 aromatic heterocycles. The van der Waals surface area contributed by atoms with E-state index in [1.807, 2.05) is 0 Å². The lowest BCUT2D eigenvalue weighted by atomic mass is 10.1. The first kappa shape index (κ1) is 15.6. The van der Waals surface area contributed by atoms with Crippen LogP contribution in [0.25, 0.3) is 0 Å². The lowest BCUT2D eigenvalue weighted by molar-refractivity contribution is -0.126. The minimum absolute atomic E-state index is 0.0621. The van der Waals surface area contributed by atoms with Crippen LogP contribution in [-0.4, -0.2) is 51.8 Å². The number of nitriles is 1. The van der Waals surface area contributed by atoms with E-state index in [0.29, 0.717) is 12.8 Å². The van der Waals surface area contributed by atoms with Gasteiger partial charge < -0.3 is 15.2 Å². The fourth-order valence-corrected chi connectivity index (χ4v) is 2.29. The number of nitrogens with zero attached hydrogens (tertiary/aromatic N) is 2. The number of carbonyl (C=O) groups excluding carboxylic acids is 2. The number of likely N-dealkylation sites (tertiary alicyclic amines) is 1. The second-order valence-electron chi connectivity index (χ2n) is 6.72. The highest BCUT2D eigenvalue weighted by atomic mass is 16.6. The van der Waals surface area contributed by atoms with Crippen molar-refractivity contribution in [3.05, 3.63) is 0 Å². The number of aliphatic hydroxyl groups excluding tert-OH is 1. The Morgan fingerprint density at radius 3 is 2.52 bits per heavy atom. The van der Waals surface area contributed by atoms with Gasteiger partial charge in [0.15, 0.2) is 0 Å². The van der Waals surface area contributed by atoms with Gasteiger partial charge in [-0.3, -0.25) is 9.69 Å². The predicted molar refractivity (Wildman–Crippen MR) is 73.1 cm³/mol. The summed E-state index contributed by atoms with van der Waals surface area (Å²) in [7, 11) is 0. The Bertz CT molecular complexity index is 487. The molecule has 21 heavy (non-hydrogen) atoms. The van der Waals surface area contributed by atoms with E-state index in [1.54, 1.807) is 20.8 Å². The Morgan fingerprint density at radius 1 is 1.43 bits per heavy atom. The van der Waals surface area contributed by atoms with Crippen molar-refractivity contribution in [3.63, 3.8) is 0 Å². The normalized spacial score (nSPS) is 26.9. The molecular weight excluding hydrogens is 274 g/mol. The molecule has 1 heterocycles. The van der Waals surface area contributed by atoms with Gasteiger partial charge in [-0.2, -0.15) is 5.26 Å². The van der Waals surface area contributed by atoms with E-state index in [1.165, 1.54) is 4.90 Å². The van der Waals surface area contributed by atoms with Crippen molar-refractivity contribution in [3.8, 4) is 6.07 Å². The molecule has 1 saturated carbocycles. The third-order valence-electron chi connectivity index (χ3n) is 3.54. The monoisotopic (exact) mass is 295 g/mol. The second-order valence-corrected chi connectivity index (χ2v) is 6.72. The van der Waals surface area contributed by atoms with Crippen LogP contribution in [0.2, 0.25) is 0 Å². The molecule has 2 aliphatic rings. The summed E-state index contributed by atoms with van der Waals surface area (Å²) in [6.45, 7) is 5.27. The Morgan fingerprint density at radius 2 is 2.05 bits per heavy atom. The summed E-state index contributed by atoms with van der Waals surface area (Å²) in [5.74, 6) is -0.406. The summed E-state index contributed by atoms with van der Waals surface area (Å²) in [6, 6.07) is 1.28. The molecule has 1 aliphatic heterocycles. The molecule has 0 aromatic carbocycles. The van der Waals surface area contributed by atoms with Crippen LogP contribution in [-0.2, 0) is 9.53 Å². The molecule has 2 unspecified atom stereocenters. The average Bonchev–Trinajstić information content (AvgIpc) is 3.00. The van der Waals surface area contributed by atoms with Gasteiger partial charge >= 0.3 is 6.09 Å². The zero-order valence-corrected chi connectivity index (χ0v) is 12.5. The predicted octanol–water partition coefficient (Wildman–Crippen LogP) is 0.529. The summed E-state index contributed by atoms with van der Waals surface area (Å²) in [5.41, 5.74) is -1.46. The number of amides is 2. The van der Waals surface area contributed by atoms with Crippen molar-refractivity contribution in [2.75, 3.05) is 6.54 Å². The van der Waals surface area contributed by atoms with Gasteiger partial charge in [-0.05, 0) is 33.6 Å². The highest BCUT2D eigenvalue weighted by Gasteiger charge is 2.48. The zero-order chi connectivity index (χ0) is 15.8. The molecule has 0 spiro atoms. The first-order chi connectivity index (χ1) is 9.66. The molecule has 1 saturated heterocycles. The van der Waals surface area contributed by atoms with Crippen LogP contribution in [0.5, 0.6) is 0 Å². The van der Waals surface area contributed by atoms with Gasteiger partial charge in [-0.25, -0.2) is 4.79 Å². The number of nitrogens with one attached hydrogen (secondary N) is 1. The van der Waals surface area contributed by atoms with E-state index in [0.717, 1.165) is 0 Å². The summed E-state index contributed by atoms with van der Waals surface area (Å²) in [6.07, 6.45) is 0.0204. The van der Waals surface area contributed by atoms with E-state index < -0.39 is 35.3 Å². The molecule has 2 amide bonds. The van der Waals surface area contributed by atoms with Crippen LogP contribution < -0.4 is 5.32 Å². The molecule has 1 aliphatic carbocycles. The number of β-amino-alcohol motifs (C(OH)–C–C–N with tert-alkyl or cyclic N) is 1. The molecule has 7 nitrogen and oxygen atoms in total. The van der Waals surface area contributed by atoms with Gasteiger partial charge in [0.05, 0.1) is 18.7 Å². The lowest BCUT2D eigenvalue weighted by Crippen LogP contribution is -2.50. The van der Waals surface area contributed by atoms with Crippen molar-refractivity contribution in [2.24, 2.45) is 0 Å². The molecule has 2 atom stereocenters. The first-order valence-corrected chi connectivity index (χ1v) is 7.07. The van der Waals surface area contributed by atoms with E-state index in [4.69, 9.17) is 10.00 Å².